The highest BCUT2D eigenvalue weighted by atomic mass is 32.2. The third-order valence-corrected chi connectivity index (χ3v) is 8.55. The fourth-order valence-electron chi connectivity index (χ4n) is 3.55. The highest BCUT2D eigenvalue weighted by molar-refractivity contribution is 7.89. The summed E-state index contributed by atoms with van der Waals surface area (Å²) >= 11 is 1.25. The van der Waals surface area contributed by atoms with E-state index in [0.29, 0.717) is 11.3 Å². The Labute approximate surface area is 166 Å². The topological polar surface area (TPSA) is 102 Å². The van der Waals surface area contributed by atoms with E-state index in [9.17, 15) is 12.8 Å². The molecule has 0 saturated carbocycles. The molecule has 2 aromatic rings. The Hall–Kier alpha value is -2.46. The second-order valence-electron chi connectivity index (χ2n) is 7.20. The van der Waals surface area contributed by atoms with Crippen molar-refractivity contribution in [1.29, 1.82) is 5.41 Å². The molecule has 2 atom stereocenters. The highest BCUT2D eigenvalue weighted by Crippen LogP contribution is 2.41. The number of nitrogens with zero attached hydrogens (tertiary/aromatic N) is 2. The standard InChI is InChI=1S/C18H20FN5O2S2/c1-18(10-28(25,26)24(2)17(20)22-18)16-13(19)9-15(27-16)12-5-3-4-11(8-12)14-6-7-21-23-14/h3-7,9,12H,8,10H2,1-2H3,(H2,20,22)(H,21,23)/t12?,18-/m0/s1. The molecule has 1 aliphatic carbocycles. The molecule has 3 heterocycles. The molecule has 28 heavy (non-hydrogen) atoms. The second-order valence-corrected chi connectivity index (χ2v) is 10.3. The van der Waals surface area contributed by atoms with E-state index < -0.39 is 21.4 Å². The lowest BCUT2D eigenvalue weighted by atomic mass is 9.91. The maximum Gasteiger partial charge on any atom is 0.239 e. The minimum Gasteiger partial charge on any atom is -0.344 e. The first-order valence-electron chi connectivity index (χ1n) is 8.70. The van der Waals surface area contributed by atoms with Gasteiger partial charge in [0.15, 0.2) is 0 Å². The number of allylic oxidation sites excluding steroid dienone is 4. The van der Waals surface area contributed by atoms with Crippen molar-refractivity contribution in [2.24, 2.45) is 0 Å². The molecule has 3 N–H and O–H groups in total. The smallest absolute Gasteiger partial charge is 0.239 e. The van der Waals surface area contributed by atoms with Crippen LogP contribution in [0.4, 0.5) is 4.39 Å². The molecule has 1 saturated heterocycles. The quantitative estimate of drug-likeness (QED) is 0.709. The highest BCUT2D eigenvalue weighted by Gasteiger charge is 2.44. The number of thiophene rings is 1. The van der Waals surface area contributed by atoms with Crippen LogP contribution in [0.2, 0.25) is 0 Å². The van der Waals surface area contributed by atoms with Gasteiger partial charge in [-0.1, -0.05) is 18.2 Å². The van der Waals surface area contributed by atoms with E-state index in [0.717, 1.165) is 20.4 Å². The van der Waals surface area contributed by atoms with Crippen molar-refractivity contribution in [3.05, 3.63) is 57.8 Å². The van der Waals surface area contributed by atoms with Crippen molar-refractivity contribution in [2.75, 3.05) is 12.8 Å². The van der Waals surface area contributed by atoms with Crippen LogP contribution in [-0.2, 0) is 15.6 Å². The summed E-state index contributed by atoms with van der Waals surface area (Å²) in [4.78, 5) is 1.11. The fraction of sp³-hybridized carbons (Fsp3) is 0.333. The van der Waals surface area contributed by atoms with Gasteiger partial charge in [0.05, 0.1) is 21.9 Å². The molecule has 1 aliphatic heterocycles. The number of aromatic amines is 1. The molecule has 0 aromatic carbocycles. The van der Waals surface area contributed by atoms with E-state index in [2.05, 4.69) is 15.5 Å². The van der Waals surface area contributed by atoms with Gasteiger partial charge in [0.25, 0.3) is 0 Å². The number of sulfonamides is 1. The number of nitrogens with one attached hydrogen (secondary N) is 3. The average Bonchev–Trinajstić information content (AvgIpc) is 3.29. The number of H-pyrrole nitrogens is 1. The predicted molar refractivity (Wildman–Crippen MR) is 107 cm³/mol. The van der Waals surface area contributed by atoms with Crippen molar-refractivity contribution in [3.8, 4) is 0 Å². The van der Waals surface area contributed by atoms with Gasteiger partial charge >= 0.3 is 0 Å². The predicted octanol–water partition coefficient (Wildman–Crippen LogP) is 2.75. The maximum absolute atomic E-state index is 14.9. The number of guanidine groups is 1. The van der Waals surface area contributed by atoms with E-state index in [-0.39, 0.29) is 17.6 Å². The van der Waals surface area contributed by atoms with Gasteiger partial charge in [-0.05, 0) is 31.1 Å². The van der Waals surface area contributed by atoms with Crippen molar-refractivity contribution >= 4 is 32.9 Å². The summed E-state index contributed by atoms with van der Waals surface area (Å²) < 4.78 is 40.5. The lowest BCUT2D eigenvalue weighted by Gasteiger charge is -2.39. The Morgan fingerprint density at radius 3 is 2.93 bits per heavy atom. The first-order chi connectivity index (χ1) is 13.2. The van der Waals surface area contributed by atoms with E-state index in [1.807, 2.05) is 24.3 Å². The van der Waals surface area contributed by atoms with Crippen molar-refractivity contribution < 1.29 is 12.8 Å². The molecule has 7 nitrogen and oxygen atoms in total. The summed E-state index contributed by atoms with van der Waals surface area (Å²) in [5, 5.41) is 17.8. The second kappa shape index (κ2) is 6.56. The minimum atomic E-state index is -3.69. The molecule has 10 heteroatoms. The summed E-state index contributed by atoms with van der Waals surface area (Å²) in [7, 11) is -2.37. The van der Waals surface area contributed by atoms with Gasteiger partial charge in [-0.15, -0.1) is 11.3 Å². The van der Waals surface area contributed by atoms with Crippen molar-refractivity contribution in [2.45, 2.75) is 24.8 Å². The monoisotopic (exact) mass is 421 g/mol. The maximum atomic E-state index is 14.9. The van der Waals surface area contributed by atoms with Gasteiger partial charge in [0.2, 0.25) is 16.0 Å². The van der Waals surface area contributed by atoms with E-state index in [1.165, 1.54) is 24.5 Å². The Kier molecular flexibility index (Phi) is 4.42. The number of hydrogen-bond acceptors (Lipinski definition) is 5. The number of rotatable bonds is 3. The van der Waals surface area contributed by atoms with Gasteiger partial charge in [-0.3, -0.25) is 10.5 Å². The molecule has 0 bridgehead atoms. The summed E-state index contributed by atoms with van der Waals surface area (Å²) in [6.07, 6.45) is 8.38. The third kappa shape index (κ3) is 3.16. The number of hydrogen-bond donors (Lipinski definition) is 3. The van der Waals surface area contributed by atoms with Crippen LogP contribution in [0.1, 0.15) is 34.7 Å². The molecule has 0 amide bonds. The summed E-state index contributed by atoms with van der Waals surface area (Å²) in [6, 6.07) is 3.37. The zero-order valence-corrected chi connectivity index (χ0v) is 17.0. The molecule has 2 aromatic heterocycles. The Bertz CT molecular complexity index is 1090. The van der Waals surface area contributed by atoms with Crippen LogP contribution in [0.15, 0.2) is 36.6 Å². The number of halogens is 1. The Morgan fingerprint density at radius 2 is 2.25 bits per heavy atom. The van der Waals surface area contributed by atoms with E-state index >= 15 is 0 Å². The Morgan fingerprint density at radius 1 is 1.46 bits per heavy atom. The largest absolute Gasteiger partial charge is 0.344 e. The van der Waals surface area contributed by atoms with Gasteiger partial charge in [-0.25, -0.2) is 17.1 Å². The van der Waals surface area contributed by atoms with Gasteiger partial charge in [0.1, 0.15) is 5.82 Å². The first kappa shape index (κ1) is 18.9. The molecular formula is C18H20FN5O2S2. The van der Waals surface area contributed by atoms with Crippen LogP contribution < -0.4 is 5.32 Å². The van der Waals surface area contributed by atoms with Crippen LogP contribution >= 0.6 is 11.3 Å². The normalized spacial score (nSPS) is 26.8. The van der Waals surface area contributed by atoms with Gasteiger partial charge in [0, 0.05) is 24.0 Å². The van der Waals surface area contributed by atoms with Crippen molar-refractivity contribution in [3.63, 3.8) is 0 Å². The molecule has 0 spiro atoms. The van der Waals surface area contributed by atoms with E-state index in [1.54, 1.807) is 13.1 Å². The van der Waals surface area contributed by atoms with Crippen LogP contribution in [0.5, 0.6) is 0 Å². The first-order valence-corrected chi connectivity index (χ1v) is 11.1. The zero-order chi connectivity index (χ0) is 20.1. The lowest BCUT2D eigenvalue weighted by molar-refractivity contribution is 0.411. The molecule has 4 rings (SSSR count). The van der Waals surface area contributed by atoms with Crippen LogP contribution in [-0.4, -0.2) is 41.7 Å². The number of aromatic nitrogens is 2. The Balaban J connectivity index is 1.64. The van der Waals surface area contributed by atoms with Crippen LogP contribution in [0.3, 0.4) is 0 Å². The zero-order valence-electron chi connectivity index (χ0n) is 15.4. The molecular weight excluding hydrogens is 401 g/mol. The molecule has 1 unspecified atom stereocenters. The SMILES string of the molecule is CN1C(=N)N[C@](C)(c2sc(C3C=CC=C(c4cc[nH]n4)C3)cc2F)CS1(=O)=O. The summed E-state index contributed by atoms with van der Waals surface area (Å²) in [5.41, 5.74) is 0.724. The molecule has 1 fully saturated rings. The molecule has 0 radical (unpaired) electrons. The van der Waals surface area contributed by atoms with Gasteiger partial charge < -0.3 is 5.32 Å². The van der Waals surface area contributed by atoms with Crippen LogP contribution in [0, 0.1) is 11.2 Å². The minimum absolute atomic E-state index is 0.0177. The van der Waals surface area contributed by atoms with E-state index in [4.69, 9.17) is 5.41 Å². The van der Waals surface area contributed by atoms with Crippen molar-refractivity contribution in [1.82, 2.24) is 19.8 Å². The summed E-state index contributed by atoms with van der Waals surface area (Å²) in [6.45, 7) is 1.62. The third-order valence-electron chi connectivity index (χ3n) is 5.08. The molecule has 2 aliphatic rings. The fourth-order valence-corrected chi connectivity index (χ4v) is 6.32. The van der Waals surface area contributed by atoms with Gasteiger partial charge in [-0.2, -0.15) is 5.10 Å². The molecule has 148 valence electrons. The van der Waals surface area contributed by atoms with Crippen LogP contribution in [0.25, 0.3) is 5.57 Å². The summed E-state index contributed by atoms with van der Waals surface area (Å²) in [5.74, 6) is -1.04. The lowest BCUT2D eigenvalue weighted by Crippen LogP contribution is -2.60. The average molecular weight is 422 g/mol.